The van der Waals surface area contributed by atoms with Gasteiger partial charge in [0, 0.05) is 24.3 Å². The van der Waals surface area contributed by atoms with E-state index in [2.05, 4.69) is 16.0 Å². The lowest BCUT2D eigenvalue weighted by molar-refractivity contribution is 0.0950. The summed E-state index contributed by atoms with van der Waals surface area (Å²) in [5.74, 6) is 1.30. The Morgan fingerprint density at radius 1 is 0.941 bits per heavy atom. The molecule has 0 spiro atoms. The van der Waals surface area contributed by atoms with E-state index in [0.717, 1.165) is 25.1 Å². The smallest absolute Gasteiger partial charge is 0.417 e. The van der Waals surface area contributed by atoms with E-state index in [4.69, 9.17) is 14.2 Å². The zero-order valence-corrected chi connectivity index (χ0v) is 19.1. The highest BCUT2D eigenvalue weighted by Crippen LogP contribution is 2.27. The molecule has 2 amide bonds. The number of anilines is 1. The summed E-state index contributed by atoms with van der Waals surface area (Å²) < 4.78 is 15.9. The SMILES string of the molecule is COc1ccc(C(=O)NCc2cccc(NC(=O)Oc3ccc4c(c3)CCNC4)c2)cc1OC. The molecular weight excluding hydrogens is 434 g/mol. The first-order chi connectivity index (χ1) is 16.6. The van der Waals surface area contributed by atoms with Gasteiger partial charge in [0.25, 0.3) is 5.91 Å². The van der Waals surface area contributed by atoms with E-state index in [1.165, 1.54) is 18.2 Å². The number of methoxy groups -OCH3 is 2. The van der Waals surface area contributed by atoms with Crippen LogP contribution in [-0.4, -0.2) is 32.8 Å². The van der Waals surface area contributed by atoms with Gasteiger partial charge in [-0.15, -0.1) is 0 Å². The zero-order valence-electron chi connectivity index (χ0n) is 19.1. The normalized spacial score (nSPS) is 12.3. The fraction of sp³-hybridized carbons (Fsp3) is 0.231. The summed E-state index contributed by atoms with van der Waals surface area (Å²) in [5.41, 5.74) is 4.27. The van der Waals surface area contributed by atoms with E-state index in [9.17, 15) is 9.59 Å². The molecule has 0 aromatic heterocycles. The van der Waals surface area contributed by atoms with Gasteiger partial charge < -0.3 is 24.8 Å². The van der Waals surface area contributed by atoms with Gasteiger partial charge in [-0.3, -0.25) is 10.1 Å². The van der Waals surface area contributed by atoms with Crippen LogP contribution in [0.15, 0.2) is 60.7 Å². The van der Waals surface area contributed by atoms with Crippen LogP contribution in [0.4, 0.5) is 10.5 Å². The second-order valence-electron chi connectivity index (χ2n) is 7.82. The van der Waals surface area contributed by atoms with Crippen LogP contribution in [0.1, 0.15) is 27.0 Å². The zero-order chi connectivity index (χ0) is 23.9. The van der Waals surface area contributed by atoms with Crippen LogP contribution in [-0.2, 0) is 19.5 Å². The van der Waals surface area contributed by atoms with Crippen molar-refractivity contribution < 1.29 is 23.8 Å². The average molecular weight is 462 g/mol. The number of hydrogen-bond acceptors (Lipinski definition) is 6. The molecule has 1 aliphatic rings. The van der Waals surface area contributed by atoms with Crippen molar-refractivity contribution in [3.63, 3.8) is 0 Å². The van der Waals surface area contributed by atoms with Crippen molar-refractivity contribution in [3.8, 4) is 17.2 Å². The minimum Gasteiger partial charge on any atom is -0.493 e. The molecule has 34 heavy (non-hydrogen) atoms. The van der Waals surface area contributed by atoms with Crippen molar-refractivity contribution >= 4 is 17.7 Å². The van der Waals surface area contributed by atoms with Gasteiger partial charge in [-0.1, -0.05) is 18.2 Å². The number of benzene rings is 3. The Morgan fingerprint density at radius 3 is 2.62 bits per heavy atom. The highest BCUT2D eigenvalue weighted by molar-refractivity contribution is 5.95. The van der Waals surface area contributed by atoms with Gasteiger partial charge in [0.2, 0.25) is 0 Å². The maximum absolute atomic E-state index is 12.6. The topological polar surface area (TPSA) is 97.9 Å². The van der Waals surface area contributed by atoms with Crippen molar-refractivity contribution in [1.29, 1.82) is 0 Å². The van der Waals surface area contributed by atoms with E-state index in [-0.39, 0.29) is 12.5 Å². The molecule has 176 valence electrons. The van der Waals surface area contributed by atoms with Crippen molar-refractivity contribution in [2.75, 3.05) is 26.1 Å². The van der Waals surface area contributed by atoms with Gasteiger partial charge in [0.15, 0.2) is 11.5 Å². The van der Waals surface area contributed by atoms with E-state index in [0.29, 0.717) is 28.5 Å². The molecule has 0 radical (unpaired) electrons. The average Bonchev–Trinajstić information content (AvgIpc) is 2.87. The number of amides is 2. The van der Waals surface area contributed by atoms with Gasteiger partial charge >= 0.3 is 6.09 Å². The predicted octanol–water partition coefficient (Wildman–Crippen LogP) is 3.89. The quantitative estimate of drug-likeness (QED) is 0.494. The lowest BCUT2D eigenvalue weighted by atomic mass is 10.0. The standard InChI is InChI=1S/C26H27N3O5/c1-32-23-9-7-19(14-24(23)33-2)25(30)28-15-17-4-3-5-21(12-17)29-26(31)34-22-8-6-20-16-27-11-10-18(20)13-22/h3-9,12-14,27H,10-11,15-16H2,1-2H3,(H,28,30)(H,29,31). The Kier molecular flexibility index (Phi) is 7.29. The molecular formula is C26H27N3O5. The second-order valence-corrected chi connectivity index (χ2v) is 7.82. The number of ether oxygens (including phenoxy) is 3. The minimum absolute atomic E-state index is 0.249. The van der Waals surface area contributed by atoms with Gasteiger partial charge in [-0.25, -0.2) is 4.79 Å². The maximum atomic E-state index is 12.6. The lowest BCUT2D eigenvalue weighted by Crippen LogP contribution is -2.24. The summed E-state index contributed by atoms with van der Waals surface area (Å²) in [6.07, 6.45) is 0.339. The molecule has 0 saturated heterocycles. The molecule has 4 rings (SSSR count). The Hall–Kier alpha value is -4.04. The molecule has 8 heteroatoms. The van der Waals surface area contributed by atoms with Crippen LogP contribution in [0.25, 0.3) is 0 Å². The fourth-order valence-corrected chi connectivity index (χ4v) is 3.79. The number of carbonyl (C=O) groups excluding carboxylic acids is 2. The van der Waals surface area contributed by atoms with Crippen LogP contribution >= 0.6 is 0 Å². The summed E-state index contributed by atoms with van der Waals surface area (Å²) in [7, 11) is 3.06. The van der Waals surface area contributed by atoms with Gasteiger partial charge in [0.1, 0.15) is 5.75 Å². The summed E-state index contributed by atoms with van der Waals surface area (Å²) in [6.45, 7) is 2.03. The second kappa shape index (κ2) is 10.7. The van der Waals surface area contributed by atoms with Crippen molar-refractivity contribution in [2.24, 2.45) is 0 Å². The first-order valence-electron chi connectivity index (χ1n) is 11.0. The number of nitrogens with one attached hydrogen (secondary N) is 3. The number of hydrogen-bond donors (Lipinski definition) is 3. The first kappa shape index (κ1) is 23.1. The summed E-state index contributed by atoms with van der Waals surface area (Å²) in [6, 6.07) is 17.9. The van der Waals surface area contributed by atoms with E-state index in [1.807, 2.05) is 18.2 Å². The van der Waals surface area contributed by atoms with Crippen LogP contribution in [0.2, 0.25) is 0 Å². The number of fused-ring (bicyclic) bond motifs is 1. The Morgan fingerprint density at radius 2 is 1.79 bits per heavy atom. The van der Waals surface area contributed by atoms with E-state index >= 15 is 0 Å². The van der Waals surface area contributed by atoms with Gasteiger partial charge in [-0.05, 0) is 72.1 Å². The highest BCUT2D eigenvalue weighted by atomic mass is 16.6. The number of rotatable bonds is 7. The molecule has 3 aromatic carbocycles. The monoisotopic (exact) mass is 461 g/mol. The summed E-state index contributed by atoms with van der Waals surface area (Å²) in [4.78, 5) is 24.9. The third kappa shape index (κ3) is 5.65. The van der Waals surface area contributed by atoms with Crippen LogP contribution < -0.4 is 30.2 Å². The molecule has 0 saturated carbocycles. The lowest BCUT2D eigenvalue weighted by Gasteiger charge is -2.17. The molecule has 0 aliphatic carbocycles. The molecule has 1 aliphatic heterocycles. The molecule has 0 unspecified atom stereocenters. The van der Waals surface area contributed by atoms with Gasteiger partial charge in [0.05, 0.1) is 14.2 Å². The van der Waals surface area contributed by atoms with Crippen LogP contribution in [0.5, 0.6) is 17.2 Å². The Labute approximate surface area is 198 Å². The molecule has 8 nitrogen and oxygen atoms in total. The Balaban J connectivity index is 1.34. The first-order valence-corrected chi connectivity index (χ1v) is 11.0. The minimum atomic E-state index is -0.569. The molecule has 1 heterocycles. The third-order valence-electron chi connectivity index (χ3n) is 5.55. The number of carbonyl (C=O) groups is 2. The molecule has 3 aromatic rings. The van der Waals surface area contributed by atoms with Crippen LogP contribution in [0, 0.1) is 0 Å². The highest BCUT2D eigenvalue weighted by Gasteiger charge is 2.13. The van der Waals surface area contributed by atoms with Gasteiger partial charge in [-0.2, -0.15) is 0 Å². The largest absolute Gasteiger partial charge is 0.493 e. The molecule has 0 fully saturated rings. The Bertz CT molecular complexity index is 1190. The molecule has 0 bridgehead atoms. The molecule has 0 atom stereocenters. The van der Waals surface area contributed by atoms with Crippen LogP contribution in [0.3, 0.4) is 0 Å². The summed E-state index contributed by atoms with van der Waals surface area (Å²) >= 11 is 0. The molecule has 3 N–H and O–H groups in total. The van der Waals surface area contributed by atoms with Crippen molar-refractivity contribution in [1.82, 2.24) is 10.6 Å². The predicted molar refractivity (Wildman–Crippen MR) is 129 cm³/mol. The summed E-state index contributed by atoms with van der Waals surface area (Å²) in [5, 5.41) is 8.93. The van der Waals surface area contributed by atoms with Crippen molar-refractivity contribution in [2.45, 2.75) is 19.5 Å². The third-order valence-corrected chi connectivity index (χ3v) is 5.55. The van der Waals surface area contributed by atoms with E-state index < -0.39 is 6.09 Å². The van der Waals surface area contributed by atoms with E-state index in [1.54, 1.807) is 49.6 Å². The maximum Gasteiger partial charge on any atom is 0.417 e. The fourth-order valence-electron chi connectivity index (χ4n) is 3.79. The van der Waals surface area contributed by atoms with Crippen molar-refractivity contribution in [3.05, 3.63) is 82.9 Å².